The molecular weight excluding hydrogens is 278 g/mol. The number of aliphatic hydroxyl groups excluding tert-OH is 1. The normalized spacial score (nSPS) is 24.2. The molecule has 0 bridgehead atoms. The molecule has 22 heavy (non-hydrogen) atoms. The highest BCUT2D eigenvalue weighted by Gasteiger charge is 2.52. The Hall–Kier alpha value is -1.75. The summed E-state index contributed by atoms with van der Waals surface area (Å²) in [5.74, 6) is 0.360. The van der Waals surface area contributed by atoms with Gasteiger partial charge in [-0.05, 0) is 36.1 Å². The SMILES string of the molecule is COCOC[C@@]1(CO)C[C@H]1/C=C/c1ccc2ncccc2c1. The third-order valence-corrected chi connectivity index (χ3v) is 4.31. The molecule has 0 amide bonds. The molecule has 2 aromatic rings. The lowest BCUT2D eigenvalue weighted by molar-refractivity contribution is -0.0557. The van der Waals surface area contributed by atoms with Gasteiger partial charge in [-0.3, -0.25) is 4.98 Å². The van der Waals surface area contributed by atoms with Crippen molar-refractivity contribution in [2.45, 2.75) is 6.42 Å². The maximum Gasteiger partial charge on any atom is 0.146 e. The smallest absolute Gasteiger partial charge is 0.146 e. The lowest BCUT2D eigenvalue weighted by Crippen LogP contribution is -2.18. The van der Waals surface area contributed by atoms with E-state index in [1.807, 2.05) is 12.1 Å². The zero-order valence-corrected chi connectivity index (χ0v) is 12.7. The van der Waals surface area contributed by atoms with Crippen LogP contribution in [0.15, 0.2) is 42.6 Å². The predicted molar refractivity (Wildman–Crippen MR) is 86.2 cm³/mol. The summed E-state index contributed by atoms with van der Waals surface area (Å²) in [6.07, 6.45) is 7.05. The van der Waals surface area contributed by atoms with E-state index in [0.717, 1.165) is 22.9 Å². The zero-order chi connectivity index (χ0) is 15.4. The van der Waals surface area contributed by atoms with Gasteiger partial charge in [0.05, 0.1) is 18.7 Å². The highest BCUT2D eigenvalue weighted by Crippen LogP contribution is 2.53. The Balaban J connectivity index is 1.66. The van der Waals surface area contributed by atoms with Crippen LogP contribution in [0.5, 0.6) is 0 Å². The molecule has 4 heteroatoms. The molecule has 4 nitrogen and oxygen atoms in total. The molecule has 0 radical (unpaired) electrons. The Morgan fingerprint density at radius 1 is 1.41 bits per heavy atom. The quantitative estimate of drug-likeness (QED) is 0.631. The second-order valence-corrected chi connectivity index (χ2v) is 5.90. The van der Waals surface area contributed by atoms with Crippen LogP contribution in [-0.2, 0) is 9.47 Å². The number of benzene rings is 1. The van der Waals surface area contributed by atoms with Crippen LogP contribution in [0.1, 0.15) is 12.0 Å². The molecule has 0 unspecified atom stereocenters. The first-order valence-corrected chi connectivity index (χ1v) is 7.48. The Kier molecular flexibility index (Phi) is 4.52. The van der Waals surface area contributed by atoms with Gasteiger partial charge in [-0.25, -0.2) is 0 Å². The van der Waals surface area contributed by atoms with Gasteiger partial charge in [0, 0.05) is 24.1 Å². The van der Waals surface area contributed by atoms with E-state index >= 15 is 0 Å². The van der Waals surface area contributed by atoms with Crippen LogP contribution in [-0.4, -0.2) is 37.2 Å². The van der Waals surface area contributed by atoms with Crippen molar-refractivity contribution < 1.29 is 14.6 Å². The van der Waals surface area contributed by atoms with Gasteiger partial charge in [0.25, 0.3) is 0 Å². The van der Waals surface area contributed by atoms with E-state index in [4.69, 9.17) is 9.47 Å². The van der Waals surface area contributed by atoms with Gasteiger partial charge >= 0.3 is 0 Å². The monoisotopic (exact) mass is 299 g/mol. The molecule has 116 valence electrons. The Morgan fingerprint density at radius 2 is 2.32 bits per heavy atom. The number of nitrogens with zero attached hydrogens (tertiary/aromatic N) is 1. The van der Waals surface area contributed by atoms with Crippen LogP contribution in [0.4, 0.5) is 0 Å². The Bertz CT molecular complexity index is 670. The van der Waals surface area contributed by atoms with E-state index in [-0.39, 0.29) is 18.8 Å². The molecule has 1 saturated carbocycles. The van der Waals surface area contributed by atoms with Crippen LogP contribution in [0.25, 0.3) is 17.0 Å². The van der Waals surface area contributed by atoms with E-state index in [9.17, 15) is 5.11 Å². The summed E-state index contributed by atoms with van der Waals surface area (Å²) in [7, 11) is 1.60. The fourth-order valence-electron chi connectivity index (χ4n) is 2.80. The Morgan fingerprint density at radius 3 is 3.14 bits per heavy atom. The summed E-state index contributed by atoms with van der Waals surface area (Å²) in [6.45, 7) is 0.956. The van der Waals surface area contributed by atoms with Crippen molar-refractivity contribution in [2.24, 2.45) is 11.3 Å². The summed E-state index contributed by atoms with van der Waals surface area (Å²) >= 11 is 0. The number of allylic oxidation sites excluding steroid dienone is 1. The topological polar surface area (TPSA) is 51.6 Å². The van der Waals surface area contributed by atoms with E-state index < -0.39 is 0 Å². The van der Waals surface area contributed by atoms with Crippen molar-refractivity contribution in [2.75, 3.05) is 27.1 Å². The first kappa shape index (κ1) is 15.2. The number of aliphatic hydroxyl groups is 1. The minimum absolute atomic E-state index is 0.132. The maximum atomic E-state index is 9.60. The first-order chi connectivity index (χ1) is 10.8. The summed E-state index contributed by atoms with van der Waals surface area (Å²) < 4.78 is 10.3. The number of hydrogen-bond acceptors (Lipinski definition) is 4. The minimum Gasteiger partial charge on any atom is -0.396 e. The molecule has 1 fully saturated rings. The number of pyridine rings is 1. The average molecular weight is 299 g/mol. The van der Waals surface area contributed by atoms with E-state index in [2.05, 4.69) is 35.3 Å². The molecular formula is C18H21NO3. The highest BCUT2D eigenvalue weighted by atomic mass is 16.7. The van der Waals surface area contributed by atoms with Crippen molar-refractivity contribution in [3.8, 4) is 0 Å². The molecule has 1 heterocycles. The van der Waals surface area contributed by atoms with Crippen molar-refractivity contribution in [1.82, 2.24) is 4.98 Å². The molecule has 0 spiro atoms. The van der Waals surface area contributed by atoms with Crippen molar-refractivity contribution in [1.29, 1.82) is 0 Å². The lowest BCUT2D eigenvalue weighted by Gasteiger charge is -2.12. The number of hydrogen-bond donors (Lipinski definition) is 1. The molecule has 1 N–H and O–H groups in total. The second-order valence-electron chi connectivity index (χ2n) is 5.90. The van der Waals surface area contributed by atoms with Crippen LogP contribution in [0.2, 0.25) is 0 Å². The zero-order valence-electron chi connectivity index (χ0n) is 12.7. The fraction of sp³-hybridized carbons (Fsp3) is 0.389. The van der Waals surface area contributed by atoms with Gasteiger partial charge in [-0.15, -0.1) is 0 Å². The fourth-order valence-corrected chi connectivity index (χ4v) is 2.80. The van der Waals surface area contributed by atoms with Crippen molar-refractivity contribution in [3.63, 3.8) is 0 Å². The van der Waals surface area contributed by atoms with Crippen LogP contribution in [0.3, 0.4) is 0 Å². The summed E-state index contributed by atoms with van der Waals surface area (Å²) in [5.41, 5.74) is 2.02. The minimum atomic E-state index is -0.132. The standard InChI is InChI=1S/C18H21NO3/c1-21-13-22-12-18(11-20)10-16(18)6-4-14-5-7-17-15(9-14)3-2-8-19-17/h2-9,16,20H,10-13H2,1H3/b6-4+/t16-,18+/m1/s1. The van der Waals surface area contributed by atoms with E-state index in [1.165, 1.54) is 0 Å². The third kappa shape index (κ3) is 3.19. The molecule has 1 aliphatic carbocycles. The summed E-state index contributed by atoms with van der Waals surface area (Å²) in [5, 5.41) is 10.7. The molecule has 2 atom stereocenters. The summed E-state index contributed by atoms with van der Waals surface area (Å²) in [6, 6.07) is 10.2. The number of fused-ring (bicyclic) bond motifs is 1. The second kappa shape index (κ2) is 6.57. The van der Waals surface area contributed by atoms with Crippen LogP contribution < -0.4 is 0 Å². The number of methoxy groups -OCH3 is 1. The number of rotatable bonds is 7. The molecule has 1 aromatic heterocycles. The Labute approximate surface area is 130 Å². The van der Waals surface area contributed by atoms with Gasteiger partial charge < -0.3 is 14.6 Å². The van der Waals surface area contributed by atoms with Gasteiger partial charge in [0.1, 0.15) is 6.79 Å². The van der Waals surface area contributed by atoms with E-state index in [1.54, 1.807) is 13.3 Å². The van der Waals surface area contributed by atoms with Gasteiger partial charge in [0.15, 0.2) is 0 Å². The van der Waals surface area contributed by atoms with Crippen LogP contribution >= 0.6 is 0 Å². The van der Waals surface area contributed by atoms with E-state index in [0.29, 0.717) is 12.5 Å². The lowest BCUT2D eigenvalue weighted by atomic mass is 10.1. The molecule has 0 saturated heterocycles. The predicted octanol–water partition coefficient (Wildman–Crippen LogP) is 2.87. The maximum absolute atomic E-state index is 9.60. The first-order valence-electron chi connectivity index (χ1n) is 7.48. The molecule has 0 aliphatic heterocycles. The van der Waals surface area contributed by atoms with Crippen molar-refractivity contribution in [3.05, 3.63) is 48.2 Å². The number of ether oxygens (including phenoxy) is 2. The van der Waals surface area contributed by atoms with Gasteiger partial charge in [-0.2, -0.15) is 0 Å². The highest BCUT2D eigenvalue weighted by molar-refractivity contribution is 5.81. The largest absolute Gasteiger partial charge is 0.396 e. The number of aromatic nitrogens is 1. The average Bonchev–Trinajstić information content (AvgIpc) is 3.27. The summed E-state index contributed by atoms with van der Waals surface area (Å²) in [4.78, 5) is 4.32. The molecule has 1 aliphatic rings. The molecule has 1 aromatic carbocycles. The van der Waals surface area contributed by atoms with Gasteiger partial charge in [0.2, 0.25) is 0 Å². The van der Waals surface area contributed by atoms with Crippen LogP contribution in [0, 0.1) is 11.3 Å². The van der Waals surface area contributed by atoms with Gasteiger partial charge in [-0.1, -0.05) is 24.3 Å². The molecule has 3 rings (SSSR count). The third-order valence-electron chi connectivity index (χ3n) is 4.31. The van der Waals surface area contributed by atoms with Crippen molar-refractivity contribution >= 4 is 17.0 Å².